The molecule has 31 heavy (non-hydrogen) atoms. The summed E-state index contributed by atoms with van der Waals surface area (Å²) in [5.41, 5.74) is 0. The number of hydrogen-bond acceptors (Lipinski definition) is 2. The van der Waals surface area contributed by atoms with E-state index in [-0.39, 0.29) is 11.9 Å². The normalized spacial score (nSPS) is 12.7. The first-order chi connectivity index (χ1) is 15.1. The summed E-state index contributed by atoms with van der Waals surface area (Å²) in [6.45, 7) is -0.0761. The van der Waals surface area contributed by atoms with E-state index < -0.39 is 6.83 Å². The Morgan fingerprint density at radius 3 is 1.03 bits per heavy atom. The number of carbonyl (C=O) groups excluding carboxylic acids is 1. The predicted octanol–water partition coefficient (Wildman–Crippen LogP) is 4.96. The molecule has 4 aromatic carbocycles. The molecule has 0 heterocycles. The van der Waals surface area contributed by atoms with Gasteiger partial charge in [-0.3, -0.25) is 0 Å². The van der Waals surface area contributed by atoms with Crippen molar-refractivity contribution in [1.29, 1.82) is 0 Å². The van der Waals surface area contributed by atoms with Crippen LogP contribution in [0.3, 0.4) is 0 Å². The molecule has 4 aromatic rings. The van der Waals surface area contributed by atoms with E-state index in [1.165, 1.54) is 0 Å². The summed E-state index contributed by atoms with van der Waals surface area (Å²) in [5, 5.41) is 4.02. The zero-order chi connectivity index (χ0) is 21.8. The number of rotatable bonds is 6. The minimum atomic E-state index is -3.85. The molecule has 0 aliphatic rings. The Morgan fingerprint density at radius 1 is 0.548 bits per heavy atom. The second kappa shape index (κ2) is 8.49. The monoisotopic (exact) mass is 426 g/mol. The molecule has 0 spiro atoms. The number of benzene rings is 4. The first-order valence-corrected chi connectivity index (χ1v) is 12.7. The quantitative estimate of drug-likeness (QED) is 0.408. The van der Waals surface area contributed by atoms with Gasteiger partial charge < -0.3 is 0 Å². The number of carbonyl (C=O) groups is 1. The van der Waals surface area contributed by atoms with Gasteiger partial charge >= 0.3 is 184 Å². The zero-order valence-corrected chi connectivity index (χ0v) is 18.8. The molecule has 4 rings (SSSR count). The van der Waals surface area contributed by atoms with E-state index in [4.69, 9.17) is 4.52 Å². The first kappa shape index (κ1) is 21.0. The first-order valence-electron chi connectivity index (χ1n) is 10.6. The van der Waals surface area contributed by atoms with Crippen molar-refractivity contribution in [2.24, 2.45) is 5.92 Å². The van der Waals surface area contributed by atoms with Crippen molar-refractivity contribution < 1.29 is 9.32 Å². The summed E-state index contributed by atoms with van der Waals surface area (Å²) in [4.78, 5) is 13.5. The van der Waals surface area contributed by atoms with Crippen LogP contribution >= 0.6 is 6.83 Å². The summed E-state index contributed by atoms with van der Waals surface area (Å²) in [5.74, 6) is -0.473. The fraction of sp³-hybridized carbons (Fsp3) is 0.107. The molecule has 0 aliphatic carbocycles. The van der Waals surface area contributed by atoms with Gasteiger partial charge in [0.1, 0.15) is 0 Å². The Bertz CT molecular complexity index is 971. The molecule has 3 heteroatoms. The van der Waals surface area contributed by atoms with Crippen molar-refractivity contribution in [3.8, 4) is 0 Å². The van der Waals surface area contributed by atoms with E-state index in [0.29, 0.717) is 0 Å². The van der Waals surface area contributed by atoms with Crippen LogP contribution in [-0.2, 0) is 9.32 Å². The topological polar surface area (TPSA) is 26.3 Å². The van der Waals surface area contributed by atoms with Crippen LogP contribution < -0.4 is 21.2 Å². The molecule has 0 bridgehead atoms. The SMILES string of the molecule is CC(C)C(=O)OP(c1ccccc1)(c1ccccc1)(c1ccccc1)c1ccccc1. The third-order valence-corrected chi connectivity index (χ3v) is 11.4. The van der Waals surface area contributed by atoms with Crippen LogP contribution in [0.25, 0.3) is 0 Å². The standard InChI is InChI=1S/C28H27O2P/c1-23(2)28(29)30-31(24-15-7-3-8-16-24,25-17-9-4-10-18-25,26-19-11-5-12-20-26)27-21-13-6-14-22-27/h3-23H,1-2H3. The van der Waals surface area contributed by atoms with Gasteiger partial charge in [0.15, 0.2) is 0 Å². The van der Waals surface area contributed by atoms with Crippen LogP contribution in [0, 0.1) is 5.92 Å². The predicted molar refractivity (Wildman–Crippen MR) is 132 cm³/mol. The van der Waals surface area contributed by atoms with Crippen LogP contribution in [0.1, 0.15) is 13.8 Å². The maximum atomic E-state index is 13.5. The fourth-order valence-electron chi connectivity index (χ4n) is 4.24. The van der Waals surface area contributed by atoms with Crippen LogP contribution in [0.5, 0.6) is 0 Å². The Kier molecular flexibility index (Phi) is 5.76. The molecule has 156 valence electrons. The van der Waals surface area contributed by atoms with Crippen molar-refractivity contribution in [2.45, 2.75) is 13.8 Å². The van der Waals surface area contributed by atoms with E-state index >= 15 is 0 Å². The fourth-order valence-corrected chi connectivity index (χ4v) is 9.99. The van der Waals surface area contributed by atoms with E-state index in [9.17, 15) is 4.79 Å². The molecular weight excluding hydrogens is 399 g/mol. The van der Waals surface area contributed by atoms with Crippen LogP contribution in [0.4, 0.5) is 0 Å². The molecular formula is C28H27O2P. The second-order valence-corrected chi connectivity index (χ2v) is 12.3. The van der Waals surface area contributed by atoms with E-state index in [1.54, 1.807) is 0 Å². The Labute approximate surface area is 184 Å². The van der Waals surface area contributed by atoms with E-state index in [1.807, 2.05) is 86.6 Å². The molecule has 0 fully saturated rings. The van der Waals surface area contributed by atoms with Gasteiger partial charge in [0.05, 0.1) is 0 Å². The third-order valence-electron chi connectivity index (χ3n) is 5.74. The molecule has 0 amide bonds. The molecule has 0 N–H and O–H groups in total. The molecule has 0 saturated heterocycles. The van der Waals surface area contributed by atoms with Gasteiger partial charge in [-0.05, 0) is 0 Å². The molecule has 0 aromatic heterocycles. The van der Waals surface area contributed by atoms with Gasteiger partial charge in [-0.2, -0.15) is 0 Å². The number of hydrogen-bond donors (Lipinski definition) is 0. The van der Waals surface area contributed by atoms with E-state index in [2.05, 4.69) is 48.5 Å². The van der Waals surface area contributed by atoms with Crippen molar-refractivity contribution in [2.75, 3.05) is 0 Å². The van der Waals surface area contributed by atoms with Crippen molar-refractivity contribution in [3.63, 3.8) is 0 Å². The van der Waals surface area contributed by atoms with Crippen molar-refractivity contribution >= 4 is 34.0 Å². The van der Waals surface area contributed by atoms with E-state index in [0.717, 1.165) is 21.2 Å². The summed E-state index contributed by atoms with van der Waals surface area (Å²) in [6, 6.07) is 40.9. The van der Waals surface area contributed by atoms with Crippen LogP contribution in [0.2, 0.25) is 0 Å². The second-order valence-electron chi connectivity index (χ2n) is 7.94. The average molecular weight is 426 g/mol. The van der Waals surface area contributed by atoms with Crippen LogP contribution in [-0.4, -0.2) is 5.97 Å². The Balaban J connectivity index is 2.28. The summed E-state index contributed by atoms with van der Waals surface area (Å²) < 4.78 is 6.92. The third kappa shape index (κ3) is 3.28. The molecule has 0 radical (unpaired) electrons. The summed E-state index contributed by atoms with van der Waals surface area (Å²) >= 11 is 0. The Hall–Kier alpha value is -3.22. The molecule has 0 atom stereocenters. The molecule has 0 saturated carbocycles. The van der Waals surface area contributed by atoms with Gasteiger partial charge in [-0.1, -0.05) is 0 Å². The van der Waals surface area contributed by atoms with Gasteiger partial charge in [0.2, 0.25) is 0 Å². The van der Waals surface area contributed by atoms with Gasteiger partial charge in [0, 0.05) is 0 Å². The maximum absolute atomic E-state index is 13.5. The van der Waals surface area contributed by atoms with Gasteiger partial charge in [0.25, 0.3) is 0 Å². The van der Waals surface area contributed by atoms with Gasteiger partial charge in [-0.15, -0.1) is 0 Å². The molecule has 0 aliphatic heterocycles. The van der Waals surface area contributed by atoms with Crippen LogP contribution in [0.15, 0.2) is 121 Å². The molecule has 0 unspecified atom stereocenters. The molecule has 2 nitrogen and oxygen atoms in total. The zero-order valence-electron chi connectivity index (χ0n) is 17.9. The average Bonchev–Trinajstić information content (AvgIpc) is 2.85. The van der Waals surface area contributed by atoms with Crippen molar-refractivity contribution in [3.05, 3.63) is 121 Å². The van der Waals surface area contributed by atoms with Crippen molar-refractivity contribution in [1.82, 2.24) is 0 Å². The minimum absolute atomic E-state index is 0.210. The Morgan fingerprint density at radius 2 is 0.806 bits per heavy atom. The summed E-state index contributed by atoms with van der Waals surface area (Å²) in [7, 11) is 0. The summed E-state index contributed by atoms with van der Waals surface area (Å²) in [6.07, 6.45) is 0. The van der Waals surface area contributed by atoms with Gasteiger partial charge in [-0.25, -0.2) is 0 Å².